The summed E-state index contributed by atoms with van der Waals surface area (Å²) in [5.74, 6) is 12.2. The van der Waals surface area contributed by atoms with E-state index in [0.717, 1.165) is 84.6 Å². The maximum atomic E-state index is 16.7. The van der Waals surface area contributed by atoms with Crippen molar-refractivity contribution in [1.29, 1.82) is 0 Å². The first-order valence-electron chi connectivity index (χ1n) is 23.9. The molecule has 370 valence electrons. The Morgan fingerprint density at radius 3 is 1.15 bits per heavy atom. The van der Waals surface area contributed by atoms with Gasteiger partial charge in [0.25, 0.3) is 0 Å². The van der Waals surface area contributed by atoms with E-state index in [1.807, 2.05) is 106 Å². The second-order valence-corrected chi connectivity index (χ2v) is 24.7. The lowest BCUT2D eigenvalue weighted by molar-refractivity contribution is 0.626. The molecule has 2 N–H and O–H groups in total. The van der Waals surface area contributed by atoms with Gasteiger partial charge >= 0.3 is 0 Å². The Hall–Kier alpha value is -8.14. The fourth-order valence-electron chi connectivity index (χ4n) is 9.58. The summed E-state index contributed by atoms with van der Waals surface area (Å²) in [5, 5.41) is 8.16. The molecule has 78 heavy (non-hydrogen) atoms. The van der Waals surface area contributed by atoms with Gasteiger partial charge < -0.3 is 9.97 Å². The number of benzene rings is 2. The van der Waals surface area contributed by atoms with E-state index >= 15 is 8.78 Å². The molecule has 15 rings (SSSR count). The number of thiophene rings is 6. The summed E-state index contributed by atoms with van der Waals surface area (Å²) >= 11 is 11.8. The fraction of sp³-hybridized carbons (Fsp3) is 0. The third kappa shape index (κ3) is 8.24. The molecule has 11 aromatic heterocycles. The van der Waals surface area contributed by atoms with Crippen LogP contribution in [-0.4, -0.2) is 37.4 Å². The van der Waals surface area contributed by atoms with E-state index in [4.69, 9.17) is 9.97 Å². The second-order valence-electron chi connectivity index (χ2n) is 17.7. The lowest BCUT2D eigenvalue weighted by Gasteiger charge is -2.03. The number of aromatic nitrogens is 8. The molecule has 2 aliphatic heterocycles. The van der Waals surface area contributed by atoms with Gasteiger partial charge in [-0.15, -0.1) is 68.0 Å². The number of rotatable bonds is 6. The number of hydrogen-bond acceptors (Lipinski definition) is 14. The van der Waals surface area contributed by atoms with Crippen molar-refractivity contribution in [1.82, 2.24) is 37.4 Å². The highest BCUT2D eigenvalue weighted by Gasteiger charge is 2.22. The van der Waals surface area contributed by atoms with Crippen LogP contribution >= 0.6 is 91.5 Å². The topological polar surface area (TPSA) is 109 Å². The van der Waals surface area contributed by atoms with E-state index in [-0.39, 0.29) is 11.1 Å². The molecular formula is C60H28F2N8S8. The summed E-state index contributed by atoms with van der Waals surface area (Å²) in [6.07, 6.45) is 7.86. The fourth-order valence-corrected chi connectivity index (χ4v) is 16.0. The number of fused-ring (bicyclic) bond motifs is 10. The summed E-state index contributed by atoms with van der Waals surface area (Å²) in [6.45, 7) is 0. The van der Waals surface area contributed by atoms with Crippen LogP contribution in [-0.2, 0) is 0 Å². The SMILES string of the molecule is Fc1cc(-c2ccc(-c3cccs3)s2)c2nsnc2c1C#Cc1c2nc(c(-c3cccs3)c3ccc([nH]3)c(C#Cc3c(F)cc(-c4ccc(-c5cccs5)s4)c4nsnc34)c3nc(c(-c4cccs4)c4ccc1[nH]4)C=C3)C=C2. The Bertz CT molecular complexity index is 4590. The van der Waals surface area contributed by atoms with Crippen molar-refractivity contribution < 1.29 is 8.78 Å². The van der Waals surface area contributed by atoms with Crippen LogP contribution in [0.25, 0.3) is 130 Å². The van der Waals surface area contributed by atoms with Gasteiger partial charge in [0.2, 0.25) is 0 Å². The zero-order valence-electron chi connectivity index (χ0n) is 39.7. The number of halogens is 2. The molecule has 0 fully saturated rings. The summed E-state index contributed by atoms with van der Waals surface area (Å²) in [4.78, 5) is 26.3. The summed E-state index contributed by atoms with van der Waals surface area (Å²) in [6, 6.07) is 35.5. The molecule has 13 heterocycles. The van der Waals surface area contributed by atoms with Gasteiger partial charge in [-0.1, -0.05) is 47.9 Å². The molecule has 18 heteroatoms. The van der Waals surface area contributed by atoms with Gasteiger partial charge in [-0.05, 0) is 131 Å². The number of nitrogens with one attached hydrogen (secondary N) is 2. The average Bonchev–Trinajstić information content (AvgIpc) is 4.46. The lowest BCUT2D eigenvalue weighted by atomic mass is 10.1. The van der Waals surface area contributed by atoms with Gasteiger partial charge in [-0.2, -0.15) is 17.5 Å². The largest absolute Gasteiger partial charge is 0.354 e. The Labute approximate surface area is 474 Å². The van der Waals surface area contributed by atoms with Crippen LogP contribution in [0, 0.1) is 35.3 Å². The van der Waals surface area contributed by atoms with E-state index in [1.165, 1.54) is 12.1 Å². The zero-order valence-corrected chi connectivity index (χ0v) is 46.2. The van der Waals surface area contributed by atoms with Gasteiger partial charge in [0, 0.05) is 72.3 Å². The maximum absolute atomic E-state index is 16.7. The predicted molar refractivity (Wildman–Crippen MR) is 325 cm³/mol. The van der Waals surface area contributed by atoms with Crippen molar-refractivity contribution in [3.8, 4) is 85.0 Å². The first-order chi connectivity index (χ1) is 38.5. The van der Waals surface area contributed by atoms with Crippen LogP contribution in [0.5, 0.6) is 0 Å². The van der Waals surface area contributed by atoms with Crippen LogP contribution in [0.3, 0.4) is 0 Å². The normalized spacial score (nSPS) is 11.9. The van der Waals surface area contributed by atoms with Crippen molar-refractivity contribution in [2.75, 3.05) is 0 Å². The Morgan fingerprint density at radius 1 is 0.359 bits per heavy atom. The molecule has 0 amide bonds. The van der Waals surface area contributed by atoms with Gasteiger partial charge in [-0.25, -0.2) is 18.7 Å². The summed E-state index contributed by atoms with van der Waals surface area (Å²) in [7, 11) is 0. The van der Waals surface area contributed by atoms with Crippen molar-refractivity contribution in [3.05, 3.63) is 187 Å². The van der Waals surface area contributed by atoms with Gasteiger partial charge in [0.05, 0.1) is 79.5 Å². The molecule has 8 bridgehead atoms. The lowest BCUT2D eigenvalue weighted by Crippen LogP contribution is -1.91. The molecule has 8 nitrogen and oxygen atoms in total. The molecule has 13 aromatic rings. The van der Waals surface area contributed by atoms with E-state index in [2.05, 4.69) is 87.5 Å². The molecule has 0 radical (unpaired) electrons. The highest BCUT2D eigenvalue weighted by molar-refractivity contribution is 7.24. The zero-order chi connectivity index (χ0) is 51.8. The second kappa shape index (κ2) is 19.4. The average molecular weight is 1160 g/mol. The van der Waals surface area contributed by atoms with Crippen LogP contribution in [0.2, 0.25) is 0 Å². The molecule has 0 atom stereocenters. The monoisotopic (exact) mass is 1150 g/mol. The van der Waals surface area contributed by atoms with Crippen LogP contribution in [0.1, 0.15) is 45.0 Å². The molecule has 0 aliphatic carbocycles. The summed E-state index contributed by atoms with van der Waals surface area (Å²) in [5.41, 5.74) is 12.0. The molecular weight excluding hydrogens is 1130 g/mol. The molecule has 0 saturated heterocycles. The highest BCUT2D eigenvalue weighted by atomic mass is 32.1. The number of hydrogen-bond donors (Lipinski definition) is 2. The third-order valence-corrected chi connectivity index (χ3v) is 20.4. The molecule has 0 unspecified atom stereocenters. The van der Waals surface area contributed by atoms with Crippen LogP contribution in [0.15, 0.2) is 131 Å². The number of nitrogens with zero attached hydrogens (tertiary/aromatic N) is 6. The van der Waals surface area contributed by atoms with Gasteiger partial charge in [0.15, 0.2) is 0 Å². The minimum absolute atomic E-state index is 0.157. The van der Waals surface area contributed by atoms with Crippen LogP contribution < -0.4 is 0 Å². The van der Waals surface area contributed by atoms with E-state index in [9.17, 15) is 0 Å². The predicted octanol–water partition coefficient (Wildman–Crippen LogP) is 18.1. The van der Waals surface area contributed by atoms with E-state index < -0.39 is 11.6 Å². The van der Waals surface area contributed by atoms with Crippen molar-refractivity contribution >= 4 is 160 Å². The Morgan fingerprint density at radius 2 is 0.731 bits per heavy atom. The van der Waals surface area contributed by atoms with Crippen LogP contribution in [0.4, 0.5) is 8.78 Å². The molecule has 0 saturated carbocycles. The number of aromatic amines is 2. The van der Waals surface area contributed by atoms with Crippen molar-refractivity contribution in [2.45, 2.75) is 0 Å². The van der Waals surface area contributed by atoms with Gasteiger partial charge in [0.1, 0.15) is 33.7 Å². The quantitative estimate of drug-likeness (QED) is 0.161. The van der Waals surface area contributed by atoms with E-state index in [0.29, 0.717) is 78.1 Å². The smallest absolute Gasteiger partial charge is 0.141 e. The van der Waals surface area contributed by atoms with E-state index in [1.54, 1.807) is 68.0 Å². The molecule has 2 aliphatic rings. The van der Waals surface area contributed by atoms with Crippen molar-refractivity contribution in [2.24, 2.45) is 0 Å². The minimum Gasteiger partial charge on any atom is -0.354 e. The maximum Gasteiger partial charge on any atom is 0.141 e. The Balaban J connectivity index is 0.925. The number of H-pyrrole nitrogens is 2. The standard InChI is InChI=1S/C60H28F2N8S8/c61-37-29-35(47-21-23-51(75-47)49-5-1-25-71-49)59-57(67-77-69-59)31(37)9-11-33-39-13-17-43(63-39)55(53-7-3-27-73-53)45-19-15-41(65-45)34(42-16-20-46(66-42)56(54-8-4-28-74-54)44-18-14-40(33)64-44)12-10-32-38(62)30-36(60-58(32)68-78-70-60)48-22-24-52(76-48)50-6-2-26-72-50/h1-8,13-30,63,66H. The molecule has 2 aromatic carbocycles. The third-order valence-electron chi connectivity index (χ3n) is 13.2. The first kappa shape index (κ1) is 47.1. The highest BCUT2D eigenvalue weighted by Crippen LogP contribution is 2.43. The van der Waals surface area contributed by atoms with Gasteiger partial charge in [-0.3, -0.25) is 0 Å². The minimum atomic E-state index is -0.488. The van der Waals surface area contributed by atoms with Crippen molar-refractivity contribution in [3.63, 3.8) is 0 Å². The summed E-state index contributed by atoms with van der Waals surface area (Å²) < 4.78 is 51.9. The molecule has 0 spiro atoms. The Kier molecular flexibility index (Phi) is 11.7. The first-order valence-corrected chi connectivity index (χ1v) is 30.5.